The van der Waals surface area contributed by atoms with Crippen molar-refractivity contribution in [3.63, 3.8) is 0 Å². The summed E-state index contributed by atoms with van der Waals surface area (Å²) >= 11 is 0. The van der Waals surface area contributed by atoms with E-state index in [1.54, 1.807) is 5.06 Å². The zero-order chi connectivity index (χ0) is 14.8. The van der Waals surface area contributed by atoms with Crippen LogP contribution in [0.4, 0.5) is 0 Å². The molecule has 0 bridgehead atoms. The van der Waals surface area contributed by atoms with Crippen LogP contribution in [0.15, 0.2) is 5.70 Å². The first-order valence-corrected chi connectivity index (χ1v) is 8.07. The van der Waals surface area contributed by atoms with Crippen molar-refractivity contribution >= 4 is 5.94 Å². The van der Waals surface area contributed by atoms with Crippen molar-refractivity contribution in [1.82, 2.24) is 9.96 Å². The molecule has 1 unspecified atom stereocenters. The van der Waals surface area contributed by atoms with Gasteiger partial charge in [-0.05, 0) is 20.4 Å². The van der Waals surface area contributed by atoms with Crippen molar-refractivity contribution in [2.45, 2.75) is 71.4 Å². The van der Waals surface area contributed by atoms with E-state index < -0.39 is 0 Å². The Hall–Kier alpha value is -0.830. The third-order valence-electron chi connectivity index (χ3n) is 3.99. The van der Waals surface area contributed by atoms with Crippen LogP contribution in [-0.2, 0) is 9.63 Å². The molecule has 20 heavy (non-hydrogen) atoms. The molecule has 0 spiro atoms. The van der Waals surface area contributed by atoms with Crippen LogP contribution < -0.4 is 0 Å². The zero-order valence-corrected chi connectivity index (χ0v) is 13.4. The highest BCUT2D eigenvalue weighted by Crippen LogP contribution is 2.20. The van der Waals surface area contributed by atoms with Gasteiger partial charge >= 0.3 is 0 Å². The quantitative estimate of drug-likeness (QED) is 0.454. The lowest BCUT2D eigenvalue weighted by atomic mass is 10.1. The Balaban J connectivity index is 2.05. The number of nitrogens with zero attached hydrogens (tertiary/aromatic N) is 2. The summed E-state index contributed by atoms with van der Waals surface area (Å²) in [5, 5.41) is 1.72. The van der Waals surface area contributed by atoms with Crippen LogP contribution in [0.25, 0.3) is 0 Å². The molecule has 0 N–H and O–H groups in total. The summed E-state index contributed by atoms with van der Waals surface area (Å²) in [6.45, 7) is 5.61. The number of carbonyl (C=O) groups excluding carboxylic acids is 1. The second-order valence-corrected chi connectivity index (χ2v) is 5.73. The van der Waals surface area contributed by atoms with Crippen LogP contribution in [0.2, 0.25) is 0 Å². The first kappa shape index (κ1) is 17.2. The molecule has 1 atom stereocenters. The summed E-state index contributed by atoms with van der Waals surface area (Å²) in [5.74, 6) is 1.98. The third-order valence-corrected chi connectivity index (χ3v) is 3.99. The van der Waals surface area contributed by atoms with Crippen molar-refractivity contribution < 1.29 is 9.63 Å². The van der Waals surface area contributed by atoms with E-state index in [2.05, 4.69) is 11.8 Å². The fourth-order valence-corrected chi connectivity index (χ4v) is 2.50. The van der Waals surface area contributed by atoms with Gasteiger partial charge < -0.3 is 0 Å². The Labute approximate surface area is 123 Å². The Morgan fingerprint density at radius 1 is 1.15 bits per heavy atom. The van der Waals surface area contributed by atoms with E-state index >= 15 is 0 Å². The van der Waals surface area contributed by atoms with Gasteiger partial charge in [-0.1, -0.05) is 51.9 Å². The summed E-state index contributed by atoms with van der Waals surface area (Å²) in [6.07, 6.45) is 10.4. The van der Waals surface area contributed by atoms with Crippen LogP contribution in [0, 0.1) is 0 Å². The molecule has 0 aliphatic carbocycles. The Morgan fingerprint density at radius 3 is 2.35 bits per heavy atom. The monoisotopic (exact) mass is 282 g/mol. The molecule has 4 heteroatoms. The smallest absolute Gasteiger partial charge is 0.149 e. The first-order chi connectivity index (χ1) is 9.70. The minimum Gasteiger partial charge on any atom is -0.278 e. The highest BCUT2D eigenvalue weighted by atomic mass is 16.7. The fourth-order valence-electron chi connectivity index (χ4n) is 2.50. The lowest BCUT2D eigenvalue weighted by Gasteiger charge is -2.24. The van der Waals surface area contributed by atoms with Crippen LogP contribution in [0.3, 0.4) is 0 Å². The second-order valence-electron chi connectivity index (χ2n) is 5.73. The second kappa shape index (κ2) is 9.98. The van der Waals surface area contributed by atoms with Crippen LogP contribution in [0.5, 0.6) is 0 Å². The zero-order valence-electron chi connectivity index (χ0n) is 13.4. The van der Waals surface area contributed by atoms with Gasteiger partial charge in [0.15, 0.2) is 0 Å². The van der Waals surface area contributed by atoms with Crippen LogP contribution in [0.1, 0.15) is 65.2 Å². The number of unbranched alkanes of at least 4 members (excludes halogenated alkanes) is 7. The molecular formula is C16H30N2O2. The summed E-state index contributed by atoms with van der Waals surface area (Å²) in [6, 6.07) is 0. The molecule has 4 nitrogen and oxygen atoms in total. The third kappa shape index (κ3) is 5.66. The molecule has 0 aromatic carbocycles. The standard InChI is InChI=1S/C16H30N2O2/c1-4-5-6-7-8-9-10-11-12-20-18-15(2)17(3)13-16(18)14-19/h15H,4-13H2,1-3H3. The van der Waals surface area contributed by atoms with E-state index in [0.29, 0.717) is 18.8 Å². The van der Waals surface area contributed by atoms with Crippen molar-refractivity contribution in [3.8, 4) is 0 Å². The molecule has 0 radical (unpaired) electrons. The molecule has 1 aliphatic rings. The molecule has 0 saturated carbocycles. The van der Waals surface area contributed by atoms with E-state index in [1.807, 2.05) is 19.9 Å². The molecule has 116 valence electrons. The molecule has 1 fully saturated rings. The van der Waals surface area contributed by atoms with Gasteiger partial charge in [0, 0.05) is 0 Å². The number of hydrogen-bond donors (Lipinski definition) is 0. The van der Waals surface area contributed by atoms with Crippen molar-refractivity contribution in [2.24, 2.45) is 0 Å². The normalized spacial score (nSPS) is 19.6. The predicted molar refractivity (Wildman–Crippen MR) is 81.7 cm³/mol. The molecule has 0 aromatic rings. The average Bonchev–Trinajstić information content (AvgIpc) is 2.73. The van der Waals surface area contributed by atoms with Gasteiger partial charge in [0.2, 0.25) is 0 Å². The molecule has 1 heterocycles. The van der Waals surface area contributed by atoms with Gasteiger partial charge in [-0.2, -0.15) is 0 Å². The number of hydrogen-bond acceptors (Lipinski definition) is 4. The van der Waals surface area contributed by atoms with Crippen LogP contribution >= 0.6 is 0 Å². The maximum absolute atomic E-state index is 10.9. The van der Waals surface area contributed by atoms with E-state index in [0.717, 1.165) is 6.42 Å². The van der Waals surface area contributed by atoms with E-state index in [1.165, 1.54) is 44.9 Å². The van der Waals surface area contributed by atoms with Gasteiger partial charge in [-0.25, -0.2) is 9.86 Å². The summed E-state index contributed by atoms with van der Waals surface area (Å²) in [7, 11) is 1.99. The largest absolute Gasteiger partial charge is 0.278 e. The van der Waals surface area contributed by atoms with E-state index in [9.17, 15) is 4.79 Å². The minimum absolute atomic E-state index is 0.125. The molecule has 1 rings (SSSR count). The summed E-state index contributed by atoms with van der Waals surface area (Å²) < 4.78 is 0. The SMILES string of the molecule is CCCCCCCCCCON1C(=C=O)CN(C)C1C. The maximum atomic E-state index is 10.9. The number of likely N-dealkylation sites (N-methyl/N-ethyl adjacent to an activating group) is 1. The van der Waals surface area contributed by atoms with Gasteiger partial charge in [0.1, 0.15) is 17.8 Å². The van der Waals surface area contributed by atoms with Gasteiger partial charge in [-0.15, -0.1) is 0 Å². The highest BCUT2D eigenvalue weighted by molar-refractivity contribution is 5.52. The number of rotatable bonds is 10. The van der Waals surface area contributed by atoms with Gasteiger partial charge in [0.25, 0.3) is 0 Å². The molecule has 0 aromatic heterocycles. The highest BCUT2D eigenvalue weighted by Gasteiger charge is 2.31. The predicted octanol–water partition coefficient (Wildman–Crippen LogP) is 3.37. The molecular weight excluding hydrogens is 252 g/mol. The summed E-state index contributed by atoms with van der Waals surface area (Å²) in [5.41, 5.74) is 0.611. The number of hydroxylamine groups is 2. The maximum Gasteiger partial charge on any atom is 0.149 e. The summed E-state index contributed by atoms with van der Waals surface area (Å²) in [4.78, 5) is 18.7. The minimum atomic E-state index is 0.125. The van der Waals surface area contributed by atoms with E-state index in [4.69, 9.17) is 4.84 Å². The molecule has 1 aliphatic heterocycles. The Kier molecular flexibility index (Phi) is 8.59. The lowest BCUT2D eigenvalue weighted by molar-refractivity contribution is -0.158. The van der Waals surface area contributed by atoms with Crippen molar-refractivity contribution in [1.29, 1.82) is 0 Å². The van der Waals surface area contributed by atoms with E-state index in [-0.39, 0.29) is 6.17 Å². The van der Waals surface area contributed by atoms with Gasteiger partial charge in [-0.3, -0.25) is 9.74 Å². The Morgan fingerprint density at radius 2 is 1.75 bits per heavy atom. The first-order valence-electron chi connectivity index (χ1n) is 8.07. The molecule has 0 amide bonds. The average molecular weight is 282 g/mol. The lowest BCUT2D eigenvalue weighted by Crippen LogP contribution is -2.33. The van der Waals surface area contributed by atoms with Gasteiger partial charge in [0.05, 0.1) is 13.2 Å². The van der Waals surface area contributed by atoms with Crippen molar-refractivity contribution in [3.05, 3.63) is 5.70 Å². The van der Waals surface area contributed by atoms with Crippen LogP contribution in [-0.4, -0.2) is 42.3 Å². The fraction of sp³-hybridized carbons (Fsp3) is 0.875. The molecule has 1 saturated heterocycles. The topological polar surface area (TPSA) is 32.8 Å². The van der Waals surface area contributed by atoms with Crippen molar-refractivity contribution in [2.75, 3.05) is 20.2 Å². The Bertz CT molecular complexity index is 314.